The van der Waals surface area contributed by atoms with Gasteiger partial charge in [-0.2, -0.15) is 0 Å². The van der Waals surface area contributed by atoms with Crippen molar-refractivity contribution >= 4 is 17.4 Å². The lowest BCUT2D eigenvalue weighted by Crippen LogP contribution is -2.33. The summed E-state index contributed by atoms with van der Waals surface area (Å²) in [6, 6.07) is 0.144. The standard InChI is InChI=1S/C10H14N2O2S/c1-6(2)12-8(4-14-10(12)13)9-11-7(3)5-15-9/h5-6,8H,4H2,1-3H3. The fraction of sp³-hybridized carbons (Fsp3) is 0.600. The summed E-state index contributed by atoms with van der Waals surface area (Å²) in [6.07, 6.45) is -0.233. The summed E-state index contributed by atoms with van der Waals surface area (Å²) < 4.78 is 5.06. The van der Waals surface area contributed by atoms with Crippen molar-refractivity contribution in [2.24, 2.45) is 0 Å². The summed E-state index contributed by atoms with van der Waals surface area (Å²) >= 11 is 1.58. The van der Waals surface area contributed by atoms with E-state index in [1.54, 1.807) is 16.2 Å². The molecule has 0 N–H and O–H groups in total. The number of ether oxygens (including phenoxy) is 1. The van der Waals surface area contributed by atoms with E-state index in [4.69, 9.17) is 4.74 Å². The molecule has 5 heteroatoms. The van der Waals surface area contributed by atoms with Crippen LogP contribution in [0, 0.1) is 6.92 Å². The van der Waals surface area contributed by atoms with E-state index >= 15 is 0 Å². The molecule has 0 saturated carbocycles. The lowest BCUT2D eigenvalue weighted by Gasteiger charge is -2.23. The average molecular weight is 226 g/mol. The van der Waals surface area contributed by atoms with Gasteiger partial charge in [0, 0.05) is 17.1 Å². The number of thiazole rings is 1. The van der Waals surface area contributed by atoms with E-state index in [0.29, 0.717) is 6.61 Å². The van der Waals surface area contributed by atoms with Crippen LogP contribution in [0.2, 0.25) is 0 Å². The summed E-state index contributed by atoms with van der Waals surface area (Å²) in [4.78, 5) is 17.6. The second-order valence-corrected chi connectivity index (χ2v) is 4.81. The minimum absolute atomic E-state index is 0.00352. The number of carbonyl (C=O) groups is 1. The van der Waals surface area contributed by atoms with Gasteiger partial charge < -0.3 is 4.74 Å². The van der Waals surface area contributed by atoms with Crippen molar-refractivity contribution in [3.05, 3.63) is 16.1 Å². The first-order chi connectivity index (χ1) is 7.09. The van der Waals surface area contributed by atoms with Crippen LogP contribution in [0.3, 0.4) is 0 Å². The van der Waals surface area contributed by atoms with Gasteiger partial charge >= 0.3 is 6.09 Å². The molecule has 1 atom stereocenters. The Morgan fingerprint density at radius 1 is 1.67 bits per heavy atom. The summed E-state index contributed by atoms with van der Waals surface area (Å²) in [5.41, 5.74) is 0.998. The van der Waals surface area contributed by atoms with E-state index < -0.39 is 0 Å². The Balaban J connectivity index is 2.25. The van der Waals surface area contributed by atoms with Crippen molar-refractivity contribution in [3.8, 4) is 0 Å². The molecule has 0 spiro atoms. The molecule has 0 radical (unpaired) electrons. The number of cyclic esters (lactones) is 1. The molecule has 4 nitrogen and oxygen atoms in total. The number of hydrogen-bond acceptors (Lipinski definition) is 4. The van der Waals surface area contributed by atoms with Crippen LogP contribution in [-0.2, 0) is 4.74 Å². The maximum atomic E-state index is 11.5. The zero-order valence-electron chi connectivity index (χ0n) is 9.06. The first-order valence-corrected chi connectivity index (χ1v) is 5.84. The number of rotatable bonds is 2. The fourth-order valence-electron chi connectivity index (χ4n) is 1.72. The Bertz CT molecular complexity index is 375. The molecule has 1 fully saturated rings. The van der Waals surface area contributed by atoms with Gasteiger partial charge in [-0.05, 0) is 20.8 Å². The predicted octanol–water partition coefficient (Wildman–Crippen LogP) is 2.35. The van der Waals surface area contributed by atoms with Gasteiger partial charge in [-0.15, -0.1) is 11.3 Å². The van der Waals surface area contributed by atoms with Crippen LogP contribution >= 0.6 is 11.3 Å². The zero-order valence-corrected chi connectivity index (χ0v) is 9.87. The highest BCUT2D eigenvalue weighted by molar-refractivity contribution is 7.09. The maximum Gasteiger partial charge on any atom is 0.410 e. The van der Waals surface area contributed by atoms with Crippen LogP contribution in [0.1, 0.15) is 30.6 Å². The first-order valence-electron chi connectivity index (χ1n) is 4.96. The van der Waals surface area contributed by atoms with E-state index in [2.05, 4.69) is 4.98 Å². The van der Waals surface area contributed by atoms with Gasteiger partial charge in [-0.3, -0.25) is 4.90 Å². The second-order valence-electron chi connectivity index (χ2n) is 3.92. The first kappa shape index (κ1) is 10.4. The Kier molecular flexibility index (Phi) is 2.65. The molecule has 15 heavy (non-hydrogen) atoms. The molecule has 0 bridgehead atoms. The molecule has 0 aliphatic carbocycles. The van der Waals surface area contributed by atoms with Crippen molar-refractivity contribution in [1.82, 2.24) is 9.88 Å². The third-order valence-electron chi connectivity index (χ3n) is 2.39. The fourth-order valence-corrected chi connectivity index (χ4v) is 2.60. The van der Waals surface area contributed by atoms with Crippen molar-refractivity contribution in [2.75, 3.05) is 6.61 Å². The van der Waals surface area contributed by atoms with Crippen molar-refractivity contribution in [2.45, 2.75) is 32.9 Å². The minimum atomic E-state index is -0.233. The third kappa shape index (κ3) is 1.84. The second kappa shape index (κ2) is 3.81. The molecule has 1 amide bonds. The van der Waals surface area contributed by atoms with Crippen molar-refractivity contribution in [1.29, 1.82) is 0 Å². The highest BCUT2D eigenvalue weighted by Gasteiger charge is 2.37. The number of nitrogens with zero attached hydrogens (tertiary/aromatic N) is 2. The zero-order chi connectivity index (χ0) is 11.0. The highest BCUT2D eigenvalue weighted by atomic mass is 32.1. The van der Waals surface area contributed by atoms with E-state index in [0.717, 1.165) is 10.7 Å². The van der Waals surface area contributed by atoms with Gasteiger partial charge in [0.15, 0.2) is 0 Å². The van der Waals surface area contributed by atoms with Gasteiger partial charge in [0.1, 0.15) is 17.7 Å². The molecule has 82 valence electrons. The van der Waals surface area contributed by atoms with E-state index in [1.165, 1.54) is 0 Å². The summed E-state index contributed by atoms with van der Waals surface area (Å²) in [6.45, 7) is 6.35. The number of hydrogen-bond donors (Lipinski definition) is 0. The van der Waals surface area contributed by atoms with Gasteiger partial charge in [0.2, 0.25) is 0 Å². The molecule has 2 heterocycles. The smallest absolute Gasteiger partial charge is 0.410 e. The largest absolute Gasteiger partial charge is 0.447 e. The molecule has 2 rings (SSSR count). The highest BCUT2D eigenvalue weighted by Crippen LogP contribution is 2.31. The van der Waals surface area contributed by atoms with Gasteiger partial charge in [0.05, 0.1) is 0 Å². The normalized spacial score (nSPS) is 21.2. The molecule has 1 aromatic heterocycles. The van der Waals surface area contributed by atoms with Gasteiger partial charge in [-0.1, -0.05) is 0 Å². The molecule has 0 aromatic carbocycles. The minimum Gasteiger partial charge on any atom is -0.447 e. The number of aromatic nitrogens is 1. The van der Waals surface area contributed by atoms with Gasteiger partial charge in [0.25, 0.3) is 0 Å². The maximum absolute atomic E-state index is 11.5. The van der Waals surface area contributed by atoms with E-state index in [9.17, 15) is 4.79 Å². The molecule has 1 saturated heterocycles. The van der Waals surface area contributed by atoms with Crippen LogP contribution in [0.15, 0.2) is 5.38 Å². The van der Waals surface area contributed by atoms with Crippen LogP contribution in [-0.4, -0.2) is 28.6 Å². The Hall–Kier alpha value is -1.10. The summed E-state index contributed by atoms with van der Waals surface area (Å²) in [5, 5.41) is 2.96. The average Bonchev–Trinajstić information content (AvgIpc) is 2.71. The lowest BCUT2D eigenvalue weighted by molar-refractivity contribution is 0.149. The number of aryl methyl sites for hydroxylation is 1. The molecular formula is C10H14N2O2S. The molecule has 1 aliphatic rings. The Labute approximate surface area is 92.9 Å². The molecule has 1 aliphatic heterocycles. The monoisotopic (exact) mass is 226 g/mol. The van der Waals surface area contributed by atoms with Crippen LogP contribution in [0.25, 0.3) is 0 Å². The Morgan fingerprint density at radius 3 is 2.93 bits per heavy atom. The third-order valence-corrected chi connectivity index (χ3v) is 3.45. The van der Waals surface area contributed by atoms with Crippen molar-refractivity contribution in [3.63, 3.8) is 0 Å². The van der Waals surface area contributed by atoms with E-state index in [1.807, 2.05) is 26.2 Å². The van der Waals surface area contributed by atoms with E-state index in [-0.39, 0.29) is 18.2 Å². The molecule has 1 aromatic rings. The van der Waals surface area contributed by atoms with Crippen LogP contribution in [0.4, 0.5) is 4.79 Å². The van der Waals surface area contributed by atoms with Crippen LogP contribution < -0.4 is 0 Å². The molecule has 1 unspecified atom stereocenters. The van der Waals surface area contributed by atoms with Gasteiger partial charge in [-0.25, -0.2) is 9.78 Å². The topological polar surface area (TPSA) is 42.4 Å². The lowest BCUT2D eigenvalue weighted by atomic mass is 10.2. The quantitative estimate of drug-likeness (QED) is 0.777. The summed E-state index contributed by atoms with van der Waals surface area (Å²) in [5.74, 6) is 0. The molecular weight excluding hydrogens is 212 g/mol. The predicted molar refractivity (Wildman–Crippen MR) is 57.9 cm³/mol. The van der Waals surface area contributed by atoms with Crippen LogP contribution in [0.5, 0.6) is 0 Å². The van der Waals surface area contributed by atoms with Crippen molar-refractivity contribution < 1.29 is 9.53 Å². The SMILES string of the molecule is Cc1csc(C2COC(=O)N2C(C)C)n1. The summed E-state index contributed by atoms with van der Waals surface area (Å²) in [7, 11) is 0. The number of carbonyl (C=O) groups excluding carboxylic acids is 1. The number of amides is 1. The Morgan fingerprint density at radius 2 is 2.40 bits per heavy atom.